The van der Waals surface area contributed by atoms with E-state index in [1.54, 1.807) is 30.3 Å². The van der Waals surface area contributed by atoms with Crippen LogP contribution in [0.2, 0.25) is 0 Å². The Balaban J connectivity index is 1.60. The monoisotopic (exact) mass is 460 g/mol. The number of hydrogen-bond acceptors (Lipinski definition) is 4. The van der Waals surface area contributed by atoms with E-state index in [1.807, 2.05) is 0 Å². The van der Waals surface area contributed by atoms with E-state index in [0.717, 1.165) is 18.6 Å². The number of hydrogen-bond donors (Lipinski definition) is 3. The van der Waals surface area contributed by atoms with Crippen LogP contribution in [0.15, 0.2) is 48.5 Å². The second-order valence-corrected chi connectivity index (χ2v) is 9.01. The highest BCUT2D eigenvalue weighted by Gasteiger charge is 2.48. The van der Waals surface area contributed by atoms with Gasteiger partial charge >= 0.3 is 0 Å². The van der Waals surface area contributed by atoms with Crippen molar-refractivity contribution in [2.45, 2.75) is 37.3 Å². The third kappa shape index (κ3) is 4.98. The van der Waals surface area contributed by atoms with Gasteiger partial charge < -0.3 is 15.2 Å². The standard InChI is InChI=1S/C24H26F2N2O3S/c25-18-8-9-20(21(26)12-18)24(14-31-19(10-15-6-7-15)11-17(24)13-29)28-23(32)27-22(30)16-4-2-1-3-5-16/h1-5,8-9,12,15,17,19,29H,6-7,10-11,13-14H2,(H2,27,28,30,32). The van der Waals surface area contributed by atoms with Crippen molar-refractivity contribution in [1.82, 2.24) is 10.6 Å². The predicted molar refractivity (Wildman–Crippen MR) is 120 cm³/mol. The summed E-state index contributed by atoms with van der Waals surface area (Å²) in [5.41, 5.74) is -0.700. The van der Waals surface area contributed by atoms with Gasteiger partial charge in [0.15, 0.2) is 5.11 Å². The van der Waals surface area contributed by atoms with Gasteiger partial charge in [-0.05, 0) is 49.2 Å². The first-order valence-electron chi connectivity index (χ1n) is 10.8. The van der Waals surface area contributed by atoms with Crippen LogP contribution in [-0.2, 0) is 10.3 Å². The summed E-state index contributed by atoms with van der Waals surface area (Å²) in [5, 5.41) is 15.9. The van der Waals surface area contributed by atoms with E-state index in [0.29, 0.717) is 17.9 Å². The molecule has 2 aliphatic rings. The zero-order valence-corrected chi connectivity index (χ0v) is 18.3. The minimum Gasteiger partial charge on any atom is -0.396 e. The number of rotatable bonds is 6. The van der Waals surface area contributed by atoms with Crippen molar-refractivity contribution in [2.75, 3.05) is 13.2 Å². The summed E-state index contributed by atoms with van der Waals surface area (Å²) in [7, 11) is 0. The number of ether oxygens (including phenoxy) is 1. The van der Waals surface area contributed by atoms with Gasteiger partial charge in [-0.15, -0.1) is 0 Å². The molecule has 1 aliphatic heterocycles. The lowest BCUT2D eigenvalue weighted by molar-refractivity contribution is -0.0877. The molecule has 0 radical (unpaired) electrons. The fourth-order valence-corrected chi connectivity index (χ4v) is 4.70. The van der Waals surface area contributed by atoms with Gasteiger partial charge in [-0.25, -0.2) is 8.78 Å². The Labute approximate surface area is 191 Å². The number of amides is 1. The quantitative estimate of drug-likeness (QED) is 0.574. The van der Waals surface area contributed by atoms with Crippen LogP contribution in [0.1, 0.15) is 41.6 Å². The van der Waals surface area contributed by atoms with Crippen molar-refractivity contribution in [1.29, 1.82) is 0 Å². The van der Waals surface area contributed by atoms with Crippen LogP contribution in [0.3, 0.4) is 0 Å². The molecule has 5 nitrogen and oxygen atoms in total. The van der Waals surface area contributed by atoms with E-state index in [-0.39, 0.29) is 30.0 Å². The van der Waals surface area contributed by atoms with Crippen molar-refractivity contribution in [2.24, 2.45) is 11.8 Å². The van der Waals surface area contributed by atoms with Crippen LogP contribution in [0, 0.1) is 23.5 Å². The number of aliphatic hydroxyl groups is 1. The zero-order valence-electron chi connectivity index (χ0n) is 17.5. The van der Waals surface area contributed by atoms with Crippen LogP contribution in [-0.4, -0.2) is 35.4 Å². The van der Waals surface area contributed by atoms with Gasteiger partial charge in [-0.3, -0.25) is 10.1 Å². The highest BCUT2D eigenvalue weighted by Crippen LogP contribution is 2.43. The number of halogens is 2. The molecule has 2 fully saturated rings. The Bertz CT molecular complexity index is 986. The van der Waals surface area contributed by atoms with Crippen LogP contribution in [0.5, 0.6) is 0 Å². The molecule has 4 rings (SSSR count). The maximum Gasteiger partial charge on any atom is 0.257 e. The minimum absolute atomic E-state index is 0.0229. The molecule has 2 aromatic carbocycles. The molecule has 3 unspecified atom stereocenters. The van der Waals surface area contributed by atoms with Gasteiger partial charge in [-0.2, -0.15) is 0 Å². The molecule has 3 atom stereocenters. The maximum absolute atomic E-state index is 14.9. The lowest BCUT2D eigenvalue weighted by atomic mass is 9.73. The molecule has 1 aliphatic carbocycles. The molecule has 1 heterocycles. The minimum atomic E-state index is -1.26. The highest BCUT2D eigenvalue weighted by atomic mass is 32.1. The van der Waals surface area contributed by atoms with E-state index >= 15 is 0 Å². The highest BCUT2D eigenvalue weighted by molar-refractivity contribution is 7.80. The molecular formula is C24H26F2N2O3S. The molecule has 0 spiro atoms. The second kappa shape index (κ2) is 9.60. The van der Waals surface area contributed by atoms with Gasteiger partial charge in [0.2, 0.25) is 0 Å². The smallest absolute Gasteiger partial charge is 0.257 e. The van der Waals surface area contributed by atoms with Crippen LogP contribution < -0.4 is 10.6 Å². The van der Waals surface area contributed by atoms with E-state index in [4.69, 9.17) is 17.0 Å². The molecule has 1 saturated heterocycles. The Morgan fingerprint density at radius 2 is 1.94 bits per heavy atom. The average Bonchev–Trinajstić information content (AvgIpc) is 3.59. The lowest BCUT2D eigenvalue weighted by Gasteiger charge is -2.47. The van der Waals surface area contributed by atoms with Gasteiger partial charge in [-0.1, -0.05) is 37.1 Å². The number of carbonyl (C=O) groups is 1. The van der Waals surface area contributed by atoms with Gasteiger partial charge in [0.25, 0.3) is 5.91 Å². The molecule has 3 N–H and O–H groups in total. The molecule has 0 bridgehead atoms. The lowest BCUT2D eigenvalue weighted by Crippen LogP contribution is -2.61. The first kappa shape index (κ1) is 22.8. The number of thiocarbonyl (C=S) groups is 1. The summed E-state index contributed by atoms with van der Waals surface area (Å²) < 4.78 is 34.7. The fraction of sp³-hybridized carbons (Fsp3) is 0.417. The summed E-state index contributed by atoms with van der Waals surface area (Å²) in [5.74, 6) is -1.70. The zero-order chi connectivity index (χ0) is 22.7. The number of nitrogens with one attached hydrogen (secondary N) is 2. The molecule has 1 saturated carbocycles. The molecule has 0 aromatic heterocycles. The number of benzene rings is 2. The Hall–Kier alpha value is -2.42. The summed E-state index contributed by atoms with van der Waals surface area (Å²) in [4.78, 5) is 12.5. The topological polar surface area (TPSA) is 70.6 Å². The molecular weight excluding hydrogens is 434 g/mol. The van der Waals surface area contributed by atoms with Gasteiger partial charge in [0.1, 0.15) is 11.6 Å². The van der Waals surface area contributed by atoms with Gasteiger partial charge in [0, 0.05) is 29.7 Å². The number of aliphatic hydroxyl groups excluding tert-OH is 1. The van der Waals surface area contributed by atoms with Crippen LogP contribution >= 0.6 is 12.2 Å². The van der Waals surface area contributed by atoms with Gasteiger partial charge in [0.05, 0.1) is 18.2 Å². The summed E-state index contributed by atoms with van der Waals surface area (Å²) >= 11 is 5.39. The van der Waals surface area contributed by atoms with E-state index in [1.165, 1.54) is 18.9 Å². The fourth-order valence-electron chi connectivity index (χ4n) is 4.43. The summed E-state index contributed by atoms with van der Waals surface area (Å²) in [6.45, 7) is -0.219. The average molecular weight is 461 g/mol. The molecule has 170 valence electrons. The Morgan fingerprint density at radius 3 is 2.59 bits per heavy atom. The molecule has 2 aromatic rings. The predicted octanol–water partition coefficient (Wildman–Crippen LogP) is 3.66. The SMILES string of the molecule is O=C(NC(=S)NC1(c2ccc(F)cc2F)COC(CC2CC2)CC1CO)c1ccccc1. The Morgan fingerprint density at radius 1 is 1.19 bits per heavy atom. The largest absolute Gasteiger partial charge is 0.396 e. The summed E-state index contributed by atoms with van der Waals surface area (Å²) in [6.07, 6.45) is 3.69. The van der Waals surface area contributed by atoms with Crippen molar-refractivity contribution in [3.8, 4) is 0 Å². The normalized spacial score (nSPS) is 25.2. The van der Waals surface area contributed by atoms with E-state index in [9.17, 15) is 18.7 Å². The number of carbonyl (C=O) groups excluding carboxylic acids is 1. The second-order valence-electron chi connectivity index (χ2n) is 8.60. The third-order valence-corrected chi connectivity index (χ3v) is 6.52. The summed E-state index contributed by atoms with van der Waals surface area (Å²) in [6, 6.07) is 11.9. The van der Waals surface area contributed by atoms with Crippen molar-refractivity contribution in [3.63, 3.8) is 0 Å². The van der Waals surface area contributed by atoms with Crippen molar-refractivity contribution < 1.29 is 23.4 Å². The first-order chi connectivity index (χ1) is 15.4. The van der Waals surface area contributed by atoms with E-state index in [2.05, 4.69) is 10.6 Å². The van der Waals surface area contributed by atoms with Crippen molar-refractivity contribution in [3.05, 3.63) is 71.3 Å². The third-order valence-electron chi connectivity index (χ3n) is 6.32. The van der Waals surface area contributed by atoms with Crippen LogP contribution in [0.25, 0.3) is 0 Å². The van der Waals surface area contributed by atoms with Crippen molar-refractivity contribution >= 4 is 23.2 Å². The Kier molecular flexibility index (Phi) is 6.83. The van der Waals surface area contributed by atoms with Crippen LogP contribution in [0.4, 0.5) is 8.78 Å². The maximum atomic E-state index is 14.9. The first-order valence-corrected chi connectivity index (χ1v) is 11.2. The molecule has 32 heavy (non-hydrogen) atoms. The molecule has 1 amide bonds. The molecule has 8 heteroatoms. The van der Waals surface area contributed by atoms with E-state index < -0.39 is 29.0 Å².